The van der Waals surface area contributed by atoms with Gasteiger partial charge in [-0.1, -0.05) is 31.2 Å². The minimum Gasteiger partial charge on any atom is -0.371 e. The van der Waals surface area contributed by atoms with Crippen molar-refractivity contribution in [3.05, 3.63) is 77.4 Å². The summed E-state index contributed by atoms with van der Waals surface area (Å²) in [7, 11) is 0. The van der Waals surface area contributed by atoms with Crippen LogP contribution in [-0.4, -0.2) is 87.0 Å². The zero-order valence-electron chi connectivity index (χ0n) is 23.1. The topological polar surface area (TPSA) is 85.3 Å². The molecule has 1 N–H and O–H groups in total. The molecule has 39 heavy (non-hydrogen) atoms. The quantitative estimate of drug-likeness (QED) is 0.336. The molecule has 0 amide bonds. The summed E-state index contributed by atoms with van der Waals surface area (Å²) in [5, 5.41) is 0. The summed E-state index contributed by atoms with van der Waals surface area (Å²) in [6.45, 7) is 11.4. The lowest BCUT2D eigenvalue weighted by Gasteiger charge is -2.24. The van der Waals surface area contributed by atoms with Gasteiger partial charge in [0.25, 0.3) is 0 Å². The van der Waals surface area contributed by atoms with Gasteiger partial charge in [-0.2, -0.15) is 0 Å². The molecule has 0 spiro atoms. The number of benzene rings is 2. The second kappa shape index (κ2) is 12.1. The molecule has 4 aliphatic rings. The summed E-state index contributed by atoms with van der Waals surface area (Å²) in [4.78, 5) is 12.0. The van der Waals surface area contributed by atoms with E-state index in [-0.39, 0.29) is 0 Å². The lowest BCUT2D eigenvalue weighted by atomic mass is 10.0. The van der Waals surface area contributed by atoms with Crippen molar-refractivity contribution in [1.29, 1.82) is 0 Å². The first-order valence-electron chi connectivity index (χ1n) is 14.3. The highest BCUT2D eigenvalue weighted by Gasteiger charge is 2.32. The first-order chi connectivity index (χ1) is 19.1. The number of hydrogen-bond donors (Lipinski definition) is 1. The largest absolute Gasteiger partial charge is 0.371 e. The third-order valence-corrected chi connectivity index (χ3v) is 7.41. The van der Waals surface area contributed by atoms with Crippen molar-refractivity contribution in [2.45, 2.75) is 51.1 Å². The maximum atomic E-state index is 5.44. The summed E-state index contributed by atoms with van der Waals surface area (Å²) >= 11 is 0. The molecule has 2 aromatic carbocycles. The fourth-order valence-corrected chi connectivity index (χ4v) is 4.78. The number of nitrogens with one attached hydrogen (secondary N) is 1. The van der Waals surface area contributed by atoms with Crippen LogP contribution in [0.5, 0.6) is 0 Å². The number of anilines is 2. The summed E-state index contributed by atoms with van der Waals surface area (Å²) in [6, 6.07) is 17.9. The number of ether oxygens (including phenoxy) is 4. The summed E-state index contributed by atoms with van der Waals surface area (Å²) < 4.78 is 21.8. The average molecular weight is 533 g/mol. The predicted octanol–water partition coefficient (Wildman–Crippen LogP) is 3.77. The van der Waals surface area contributed by atoms with E-state index in [0.717, 1.165) is 77.0 Å². The Morgan fingerprint density at radius 2 is 1.08 bits per heavy atom. The Hall–Kier alpha value is -2.91. The predicted molar refractivity (Wildman–Crippen MR) is 152 cm³/mol. The molecule has 4 fully saturated rings. The van der Waals surface area contributed by atoms with E-state index in [1.807, 2.05) is 13.1 Å². The molecule has 8 heteroatoms. The van der Waals surface area contributed by atoms with Crippen LogP contribution in [0.15, 0.2) is 54.7 Å². The number of aromatic nitrogens is 2. The van der Waals surface area contributed by atoms with Crippen LogP contribution in [0.3, 0.4) is 0 Å². The van der Waals surface area contributed by atoms with Gasteiger partial charge in [-0.15, -0.1) is 0 Å². The highest BCUT2D eigenvalue weighted by atomic mass is 16.6. The van der Waals surface area contributed by atoms with Gasteiger partial charge in [-0.3, -0.25) is 0 Å². The van der Waals surface area contributed by atoms with E-state index in [1.54, 1.807) is 0 Å². The smallest absolute Gasteiger partial charge is 0.106 e. The third kappa shape index (κ3) is 8.29. The van der Waals surface area contributed by atoms with E-state index in [0.29, 0.717) is 24.4 Å². The van der Waals surface area contributed by atoms with Crippen molar-refractivity contribution in [1.82, 2.24) is 9.97 Å². The molecule has 0 aliphatic carbocycles. The van der Waals surface area contributed by atoms with Crippen molar-refractivity contribution in [2.75, 3.05) is 62.4 Å². The Bertz CT molecular complexity index is 1080. The van der Waals surface area contributed by atoms with E-state index < -0.39 is 0 Å². The fraction of sp³-hybridized carbons (Fsp3) is 0.516. The number of H-pyrrole nitrogens is 1. The number of hydrogen-bond acceptors (Lipinski definition) is 7. The molecule has 5 heterocycles. The van der Waals surface area contributed by atoms with Gasteiger partial charge in [0.2, 0.25) is 0 Å². The van der Waals surface area contributed by atoms with Crippen LogP contribution >= 0.6 is 0 Å². The highest BCUT2D eigenvalue weighted by Crippen LogP contribution is 2.26. The van der Waals surface area contributed by atoms with Crippen LogP contribution < -0.4 is 9.80 Å². The Labute approximate surface area is 231 Å². The number of epoxide rings is 4. The van der Waals surface area contributed by atoms with Crippen molar-refractivity contribution in [3.8, 4) is 0 Å². The normalized spacial score (nSPS) is 23.9. The zero-order valence-corrected chi connectivity index (χ0v) is 23.1. The third-order valence-electron chi connectivity index (χ3n) is 7.41. The molecule has 3 aromatic rings. The van der Waals surface area contributed by atoms with E-state index in [4.69, 9.17) is 18.9 Å². The number of nitrogens with zero attached hydrogens (tertiary/aromatic N) is 3. The van der Waals surface area contributed by atoms with Gasteiger partial charge in [0.05, 0.1) is 56.5 Å². The van der Waals surface area contributed by atoms with E-state index in [2.05, 4.69) is 75.2 Å². The van der Waals surface area contributed by atoms with Crippen molar-refractivity contribution in [3.63, 3.8) is 0 Å². The van der Waals surface area contributed by atoms with Gasteiger partial charge in [0.1, 0.15) is 5.82 Å². The zero-order chi connectivity index (χ0) is 26.6. The number of aromatic amines is 1. The van der Waals surface area contributed by atoms with Crippen molar-refractivity contribution >= 4 is 11.4 Å². The highest BCUT2D eigenvalue weighted by molar-refractivity contribution is 5.51. The Morgan fingerprint density at radius 3 is 1.33 bits per heavy atom. The van der Waals surface area contributed by atoms with E-state index in [9.17, 15) is 0 Å². The van der Waals surface area contributed by atoms with Gasteiger partial charge < -0.3 is 33.7 Å². The van der Waals surface area contributed by atoms with E-state index in [1.165, 1.54) is 22.5 Å². The molecular formula is C31H40N4O4. The van der Waals surface area contributed by atoms with Crippen LogP contribution in [0, 0.1) is 6.92 Å². The molecule has 208 valence electrons. The SMILES string of the molecule is CCc1nc(C)c[nH]1.c1cc(N(CC2CO2)CC2CO2)ccc1Cc1ccc(N(CC2CO2)CC2CO2)cc1. The number of rotatable bonds is 13. The molecule has 0 bridgehead atoms. The summed E-state index contributed by atoms with van der Waals surface area (Å²) in [5.74, 6) is 1.07. The molecule has 0 saturated carbocycles. The van der Waals surface area contributed by atoms with Gasteiger partial charge in [0, 0.05) is 50.2 Å². The molecule has 1 aromatic heterocycles. The molecule has 4 aliphatic heterocycles. The molecular weight excluding hydrogens is 492 g/mol. The standard InChI is InChI=1S/C25H30N2O4.C6H10N2/c1-5-20(26(10-22-14-28-22)11-23-15-29-23)6-2-18(1)9-19-3-7-21(8-4-19)27(12-24-16-30-24)13-25-17-31-25;1-3-6-7-4-5(2)8-6/h1-8,22-25H,9-17H2;4H,3H2,1-2H3,(H,7,8). The second-order valence-corrected chi connectivity index (χ2v) is 11.0. The minimum absolute atomic E-state index is 0.384. The Balaban J connectivity index is 0.000000299. The monoisotopic (exact) mass is 532 g/mol. The maximum Gasteiger partial charge on any atom is 0.106 e. The van der Waals surface area contributed by atoms with E-state index >= 15 is 0 Å². The maximum absolute atomic E-state index is 5.44. The summed E-state index contributed by atoms with van der Waals surface area (Å²) in [6.07, 6.45) is 5.38. The molecule has 0 radical (unpaired) electrons. The van der Waals surface area contributed by atoms with Gasteiger partial charge >= 0.3 is 0 Å². The molecule has 4 unspecified atom stereocenters. The van der Waals surface area contributed by atoms with Gasteiger partial charge in [0.15, 0.2) is 0 Å². The lowest BCUT2D eigenvalue weighted by molar-refractivity contribution is 0.388. The van der Waals surface area contributed by atoms with Crippen molar-refractivity contribution < 1.29 is 18.9 Å². The average Bonchev–Trinajstić information content (AvgIpc) is 3.76. The van der Waals surface area contributed by atoms with Crippen LogP contribution in [0.4, 0.5) is 11.4 Å². The van der Waals surface area contributed by atoms with Gasteiger partial charge in [-0.25, -0.2) is 4.98 Å². The van der Waals surface area contributed by atoms with Gasteiger partial charge in [-0.05, 0) is 48.7 Å². The van der Waals surface area contributed by atoms with Crippen LogP contribution in [0.1, 0.15) is 29.6 Å². The molecule has 4 saturated heterocycles. The first-order valence-corrected chi connectivity index (χ1v) is 14.3. The number of imidazole rings is 1. The van der Waals surface area contributed by atoms with Crippen LogP contribution in [0.2, 0.25) is 0 Å². The Kier molecular flexibility index (Phi) is 8.16. The van der Waals surface area contributed by atoms with Crippen LogP contribution in [0.25, 0.3) is 0 Å². The Morgan fingerprint density at radius 1 is 0.692 bits per heavy atom. The summed E-state index contributed by atoms with van der Waals surface area (Å²) in [5.41, 5.74) is 6.24. The minimum atomic E-state index is 0.384. The second-order valence-electron chi connectivity index (χ2n) is 11.0. The first kappa shape index (κ1) is 26.3. The lowest BCUT2D eigenvalue weighted by Crippen LogP contribution is -2.31. The number of aryl methyl sites for hydroxylation is 2. The molecule has 4 atom stereocenters. The molecule has 7 rings (SSSR count). The van der Waals surface area contributed by atoms with Crippen molar-refractivity contribution in [2.24, 2.45) is 0 Å². The van der Waals surface area contributed by atoms with Crippen LogP contribution in [-0.2, 0) is 31.8 Å². The fourth-order valence-electron chi connectivity index (χ4n) is 4.78. The molecule has 8 nitrogen and oxygen atoms in total.